The molecule has 0 fully saturated rings. The Kier molecular flexibility index (Phi) is 5.63. The van der Waals surface area contributed by atoms with Crippen LogP contribution in [0.1, 0.15) is 26.5 Å². The number of nitrogens with one attached hydrogen (secondary N) is 1. The number of anilines is 1. The van der Waals surface area contributed by atoms with Gasteiger partial charge in [0.15, 0.2) is 5.78 Å². The smallest absolute Gasteiger partial charge is 0.253 e. The van der Waals surface area contributed by atoms with Crippen LogP contribution in [0.25, 0.3) is 16.7 Å². The van der Waals surface area contributed by atoms with Crippen molar-refractivity contribution in [1.82, 2.24) is 19.9 Å². The lowest BCUT2D eigenvalue weighted by Crippen LogP contribution is -2.30. The van der Waals surface area contributed by atoms with Gasteiger partial charge in [-0.05, 0) is 49.4 Å². The number of nitrogen functional groups attached to an aromatic ring is 1. The fourth-order valence-corrected chi connectivity index (χ4v) is 3.63. The molecule has 7 nitrogen and oxygen atoms in total. The predicted octanol–water partition coefficient (Wildman–Crippen LogP) is 4.23. The van der Waals surface area contributed by atoms with Crippen LogP contribution in [0.5, 0.6) is 0 Å². The van der Waals surface area contributed by atoms with Crippen molar-refractivity contribution in [3.63, 3.8) is 0 Å². The molecule has 0 saturated heterocycles. The number of carbonyl (C=O) groups excluding carboxylic acids is 2. The lowest BCUT2D eigenvalue weighted by atomic mass is 10.1. The number of halogens is 2. The summed E-state index contributed by atoms with van der Waals surface area (Å²) in [5, 5.41) is 3.03. The third-order valence-electron chi connectivity index (χ3n) is 4.82. The molecule has 0 spiro atoms. The number of rotatable bonds is 5. The number of hydrogen-bond acceptors (Lipinski definition) is 5. The van der Waals surface area contributed by atoms with Gasteiger partial charge in [-0.25, -0.2) is 4.98 Å². The number of aryl methyl sites for hydroxylation is 1. The van der Waals surface area contributed by atoms with Crippen molar-refractivity contribution in [3.05, 3.63) is 81.9 Å². The summed E-state index contributed by atoms with van der Waals surface area (Å²) in [6.45, 7) is 1.72. The van der Waals surface area contributed by atoms with Crippen LogP contribution in [0.15, 0.2) is 54.9 Å². The second kappa shape index (κ2) is 8.37. The first-order valence-corrected chi connectivity index (χ1v) is 10.1. The maximum atomic E-state index is 12.5. The van der Waals surface area contributed by atoms with E-state index in [1.165, 1.54) is 12.1 Å². The highest BCUT2D eigenvalue weighted by atomic mass is 35.5. The number of hydrogen-bond donors (Lipinski definition) is 2. The van der Waals surface area contributed by atoms with E-state index in [1.807, 2.05) is 29.7 Å². The van der Waals surface area contributed by atoms with Gasteiger partial charge in [0.2, 0.25) is 0 Å². The Morgan fingerprint density at radius 1 is 1.10 bits per heavy atom. The quantitative estimate of drug-likeness (QED) is 0.347. The summed E-state index contributed by atoms with van der Waals surface area (Å²) >= 11 is 11.8. The van der Waals surface area contributed by atoms with E-state index in [0.29, 0.717) is 5.56 Å². The Balaban J connectivity index is 1.48. The molecule has 0 aliphatic carbocycles. The summed E-state index contributed by atoms with van der Waals surface area (Å²) < 4.78 is 1.99. The fourth-order valence-electron chi connectivity index (χ4n) is 3.29. The summed E-state index contributed by atoms with van der Waals surface area (Å²) in [7, 11) is 0. The molecule has 31 heavy (non-hydrogen) atoms. The number of ketones is 1. The van der Waals surface area contributed by atoms with Gasteiger partial charge >= 0.3 is 0 Å². The van der Waals surface area contributed by atoms with Crippen molar-refractivity contribution in [1.29, 1.82) is 0 Å². The van der Waals surface area contributed by atoms with E-state index in [1.54, 1.807) is 24.5 Å². The third kappa shape index (κ3) is 4.10. The predicted molar refractivity (Wildman–Crippen MR) is 121 cm³/mol. The number of nitrogens with zero attached hydrogens (tertiary/aromatic N) is 3. The Morgan fingerprint density at radius 2 is 1.81 bits per heavy atom. The van der Waals surface area contributed by atoms with Gasteiger partial charge < -0.3 is 11.1 Å². The maximum Gasteiger partial charge on any atom is 0.253 e. The number of benzene rings is 2. The van der Waals surface area contributed by atoms with Gasteiger partial charge in [-0.2, -0.15) is 0 Å². The van der Waals surface area contributed by atoms with Gasteiger partial charge in [-0.15, -0.1) is 0 Å². The lowest BCUT2D eigenvalue weighted by Gasteiger charge is -2.10. The number of imidazole rings is 1. The molecule has 1 amide bonds. The van der Waals surface area contributed by atoms with Crippen LogP contribution >= 0.6 is 23.2 Å². The van der Waals surface area contributed by atoms with Gasteiger partial charge in [0.25, 0.3) is 5.91 Å². The van der Waals surface area contributed by atoms with Gasteiger partial charge in [0.1, 0.15) is 11.3 Å². The molecule has 0 aliphatic rings. The molecule has 156 valence electrons. The van der Waals surface area contributed by atoms with Crippen LogP contribution < -0.4 is 11.1 Å². The Hall–Kier alpha value is -3.42. The Morgan fingerprint density at radius 3 is 2.55 bits per heavy atom. The maximum absolute atomic E-state index is 12.5. The molecule has 9 heteroatoms. The van der Waals surface area contributed by atoms with Crippen molar-refractivity contribution in [2.45, 2.75) is 6.92 Å². The summed E-state index contributed by atoms with van der Waals surface area (Å²) in [6.07, 6.45) is 3.42. The molecular weight excluding hydrogens is 437 g/mol. The van der Waals surface area contributed by atoms with Crippen LogP contribution in [-0.4, -0.2) is 32.8 Å². The molecule has 4 aromatic rings. The molecule has 2 aromatic carbocycles. The summed E-state index contributed by atoms with van der Waals surface area (Å²) in [4.78, 5) is 33.5. The highest BCUT2D eigenvalue weighted by molar-refractivity contribution is 6.42. The van der Waals surface area contributed by atoms with Crippen LogP contribution in [0.3, 0.4) is 0 Å². The second-order valence-electron chi connectivity index (χ2n) is 6.87. The second-order valence-corrected chi connectivity index (χ2v) is 7.68. The van der Waals surface area contributed by atoms with Gasteiger partial charge in [0.05, 0.1) is 33.9 Å². The van der Waals surface area contributed by atoms with Crippen molar-refractivity contribution < 1.29 is 9.59 Å². The zero-order valence-electron chi connectivity index (χ0n) is 16.4. The molecule has 2 aromatic heterocycles. The minimum absolute atomic E-state index is 0.162. The van der Waals surface area contributed by atoms with Gasteiger partial charge in [-0.3, -0.25) is 19.1 Å². The number of fused-ring (bicyclic) bond motifs is 1. The average Bonchev–Trinajstić information content (AvgIpc) is 3.10. The van der Waals surface area contributed by atoms with E-state index in [2.05, 4.69) is 15.3 Å². The minimum Gasteiger partial charge on any atom is -0.398 e. The number of amides is 1. The molecule has 4 rings (SSSR count). The lowest BCUT2D eigenvalue weighted by molar-refractivity contribution is 0.0904. The topological polar surface area (TPSA) is 103 Å². The molecular formula is C22H17Cl2N5O2. The normalized spacial score (nSPS) is 10.9. The minimum atomic E-state index is -0.504. The van der Waals surface area contributed by atoms with E-state index in [0.717, 1.165) is 22.5 Å². The number of aromatic nitrogens is 3. The first-order valence-electron chi connectivity index (χ1n) is 9.30. The van der Waals surface area contributed by atoms with Gasteiger partial charge in [0, 0.05) is 23.1 Å². The van der Waals surface area contributed by atoms with E-state index < -0.39 is 5.91 Å². The largest absolute Gasteiger partial charge is 0.398 e. The Labute approximate surface area is 187 Å². The highest BCUT2D eigenvalue weighted by Gasteiger charge is 2.15. The van der Waals surface area contributed by atoms with E-state index in [-0.39, 0.29) is 33.6 Å². The van der Waals surface area contributed by atoms with Crippen LogP contribution in [0, 0.1) is 6.92 Å². The van der Waals surface area contributed by atoms with E-state index in [4.69, 9.17) is 28.9 Å². The van der Waals surface area contributed by atoms with Crippen molar-refractivity contribution in [3.8, 4) is 5.69 Å². The van der Waals surface area contributed by atoms with Crippen LogP contribution in [0.4, 0.5) is 5.69 Å². The monoisotopic (exact) mass is 453 g/mol. The highest BCUT2D eigenvalue weighted by Crippen LogP contribution is 2.27. The molecule has 0 radical (unpaired) electrons. The summed E-state index contributed by atoms with van der Waals surface area (Å²) in [6, 6.07) is 11.8. The van der Waals surface area contributed by atoms with Crippen LogP contribution in [-0.2, 0) is 0 Å². The molecule has 0 aliphatic heterocycles. The molecule has 0 bridgehead atoms. The third-order valence-corrected chi connectivity index (χ3v) is 5.54. The summed E-state index contributed by atoms with van der Waals surface area (Å²) in [5.74, 6) is 0.0682. The van der Waals surface area contributed by atoms with E-state index in [9.17, 15) is 9.59 Å². The first kappa shape index (κ1) is 20.8. The van der Waals surface area contributed by atoms with E-state index >= 15 is 0 Å². The number of Topliss-reactive ketones (excluding diaryl/α,β-unsaturated/α-hetero) is 1. The number of pyridine rings is 1. The molecule has 0 unspecified atom stereocenters. The zero-order chi connectivity index (χ0) is 22.1. The van der Waals surface area contributed by atoms with Crippen LogP contribution in [0.2, 0.25) is 10.0 Å². The van der Waals surface area contributed by atoms with Crippen molar-refractivity contribution in [2.24, 2.45) is 0 Å². The standard InChI is InChI=1S/C22H17Cl2N5O2/c1-12-28-19-10-26-7-6-20(19)29(12)14-4-2-13(3-5-14)21(30)11-27-22(31)15-8-16(23)17(24)9-18(15)25/h2-10H,11,25H2,1H3,(H,27,31). The molecule has 0 saturated carbocycles. The Bertz CT molecular complexity index is 1320. The summed E-state index contributed by atoms with van der Waals surface area (Å²) in [5.41, 5.74) is 9.23. The SMILES string of the molecule is Cc1nc2cnccc2n1-c1ccc(C(=O)CNC(=O)c2cc(Cl)c(Cl)cc2N)cc1. The van der Waals surface area contributed by atoms with Gasteiger partial charge in [-0.1, -0.05) is 23.2 Å². The van der Waals surface area contributed by atoms with Crippen molar-refractivity contribution >= 4 is 51.6 Å². The zero-order valence-corrected chi connectivity index (χ0v) is 17.9. The first-order chi connectivity index (χ1) is 14.8. The molecule has 0 atom stereocenters. The fraction of sp³-hybridized carbons (Fsp3) is 0.0909. The average molecular weight is 454 g/mol. The number of nitrogens with two attached hydrogens (primary N) is 1. The number of carbonyl (C=O) groups is 2. The molecule has 2 heterocycles. The molecule has 3 N–H and O–H groups in total. The van der Waals surface area contributed by atoms with Crippen molar-refractivity contribution in [2.75, 3.05) is 12.3 Å².